The summed E-state index contributed by atoms with van der Waals surface area (Å²) in [4.78, 5) is 3.71. The molecule has 1 nitrogen and oxygen atoms in total. The van der Waals surface area contributed by atoms with Gasteiger partial charge < -0.3 is 4.98 Å². The summed E-state index contributed by atoms with van der Waals surface area (Å²) in [6.45, 7) is 0. The SMILES string of the molecule is c1ccc(-c2ccc(-c3c4ccccc4c(-c4cccc(-c5ccc6[nH]c7c8ccccc8ccc7c6c5)c4)c4ccccc34)cc2)cc1. The summed E-state index contributed by atoms with van der Waals surface area (Å²) in [5, 5.41) is 10.1. The molecule has 0 unspecified atom stereocenters. The molecule has 0 aliphatic rings. The molecule has 49 heavy (non-hydrogen) atoms. The molecule has 0 fully saturated rings. The lowest BCUT2D eigenvalue weighted by Crippen LogP contribution is -1.91. The number of nitrogens with one attached hydrogen (secondary N) is 1. The van der Waals surface area contributed by atoms with Crippen molar-refractivity contribution in [1.82, 2.24) is 4.98 Å². The van der Waals surface area contributed by atoms with Crippen LogP contribution in [0.5, 0.6) is 0 Å². The van der Waals surface area contributed by atoms with Gasteiger partial charge in [0.1, 0.15) is 0 Å². The Hall–Kier alpha value is -6.44. The predicted molar refractivity (Wildman–Crippen MR) is 210 cm³/mol. The van der Waals surface area contributed by atoms with Crippen LogP contribution < -0.4 is 0 Å². The Morgan fingerprint density at radius 2 is 0.776 bits per heavy atom. The van der Waals surface area contributed by atoms with Gasteiger partial charge in [-0.05, 0) is 89.6 Å². The summed E-state index contributed by atoms with van der Waals surface area (Å²) in [5.41, 5.74) is 12.3. The van der Waals surface area contributed by atoms with Gasteiger partial charge in [-0.25, -0.2) is 0 Å². The minimum absolute atomic E-state index is 1.16. The lowest BCUT2D eigenvalue weighted by atomic mass is 9.85. The van der Waals surface area contributed by atoms with Crippen LogP contribution in [0.1, 0.15) is 0 Å². The molecule has 0 bridgehead atoms. The van der Waals surface area contributed by atoms with E-state index in [4.69, 9.17) is 0 Å². The van der Waals surface area contributed by atoms with E-state index in [1.807, 2.05) is 0 Å². The van der Waals surface area contributed by atoms with Crippen LogP contribution in [0.25, 0.3) is 98.6 Å². The van der Waals surface area contributed by atoms with E-state index < -0.39 is 0 Å². The second kappa shape index (κ2) is 11.1. The number of rotatable bonds is 4. The van der Waals surface area contributed by atoms with E-state index >= 15 is 0 Å². The molecule has 9 aromatic carbocycles. The predicted octanol–water partition coefficient (Wildman–Crippen LogP) is 13.4. The fourth-order valence-corrected chi connectivity index (χ4v) is 7.89. The van der Waals surface area contributed by atoms with Gasteiger partial charge in [-0.1, -0.05) is 164 Å². The van der Waals surface area contributed by atoms with Gasteiger partial charge in [0.05, 0.1) is 5.52 Å². The van der Waals surface area contributed by atoms with Gasteiger partial charge in [0.25, 0.3) is 0 Å². The Morgan fingerprint density at radius 1 is 0.265 bits per heavy atom. The van der Waals surface area contributed by atoms with E-state index in [9.17, 15) is 0 Å². The molecule has 0 radical (unpaired) electrons. The van der Waals surface area contributed by atoms with E-state index in [0.717, 1.165) is 5.52 Å². The highest BCUT2D eigenvalue weighted by Crippen LogP contribution is 2.44. The van der Waals surface area contributed by atoms with Crippen LogP contribution in [0.4, 0.5) is 0 Å². The third-order valence-corrected chi connectivity index (χ3v) is 10.2. The van der Waals surface area contributed by atoms with E-state index in [1.54, 1.807) is 0 Å². The van der Waals surface area contributed by atoms with Crippen molar-refractivity contribution in [2.45, 2.75) is 0 Å². The van der Waals surface area contributed by atoms with Gasteiger partial charge in [-0.15, -0.1) is 0 Å². The van der Waals surface area contributed by atoms with Gasteiger partial charge in [0, 0.05) is 21.7 Å². The third kappa shape index (κ3) is 4.47. The van der Waals surface area contributed by atoms with Crippen molar-refractivity contribution in [3.63, 3.8) is 0 Å². The molecule has 10 rings (SSSR count). The maximum absolute atomic E-state index is 3.71. The summed E-state index contributed by atoms with van der Waals surface area (Å²) < 4.78 is 0. The van der Waals surface area contributed by atoms with Crippen molar-refractivity contribution in [1.29, 1.82) is 0 Å². The molecule has 0 amide bonds. The fraction of sp³-hybridized carbons (Fsp3) is 0. The molecule has 0 spiro atoms. The lowest BCUT2D eigenvalue weighted by Gasteiger charge is -2.18. The van der Waals surface area contributed by atoms with Gasteiger partial charge in [-0.2, -0.15) is 0 Å². The molecule has 0 atom stereocenters. The topological polar surface area (TPSA) is 15.8 Å². The summed E-state index contributed by atoms with van der Waals surface area (Å²) in [5.74, 6) is 0. The first-order valence-corrected chi connectivity index (χ1v) is 16.9. The van der Waals surface area contributed by atoms with E-state index in [2.05, 4.69) is 187 Å². The molecule has 1 heterocycles. The fourth-order valence-electron chi connectivity index (χ4n) is 7.89. The second-order valence-electron chi connectivity index (χ2n) is 13.0. The summed E-state index contributed by atoms with van der Waals surface area (Å²) in [7, 11) is 0. The molecule has 10 aromatic rings. The van der Waals surface area contributed by atoms with Crippen LogP contribution in [0, 0.1) is 0 Å². The van der Waals surface area contributed by atoms with Gasteiger partial charge in [0.2, 0.25) is 0 Å². The molecular weight excluding hydrogens is 591 g/mol. The molecule has 1 N–H and O–H groups in total. The molecule has 1 heteroatoms. The van der Waals surface area contributed by atoms with Crippen molar-refractivity contribution in [3.05, 3.63) is 182 Å². The molecule has 1 aromatic heterocycles. The standard InChI is InChI=1S/C48H31N/c1-2-11-31(12-3-1)32-21-23-34(24-22-32)46-39-17-6-8-19-41(39)47(42-20-9-7-18-40(42)46)37-15-10-14-35(29-37)36-26-28-45-44(30-36)43-27-25-33-13-4-5-16-38(33)48(43)49-45/h1-30,49H. The smallest absolute Gasteiger partial charge is 0.0544 e. The van der Waals surface area contributed by atoms with Crippen LogP contribution in [-0.4, -0.2) is 4.98 Å². The highest BCUT2D eigenvalue weighted by atomic mass is 14.7. The molecule has 0 aliphatic carbocycles. The largest absolute Gasteiger partial charge is 0.354 e. The zero-order valence-electron chi connectivity index (χ0n) is 26.8. The maximum Gasteiger partial charge on any atom is 0.0544 e. The van der Waals surface area contributed by atoms with E-state index in [-0.39, 0.29) is 0 Å². The number of fused-ring (bicyclic) bond motifs is 7. The normalized spacial score (nSPS) is 11.7. The quantitative estimate of drug-likeness (QED) is 0.188. The maximum atomic E-state index is 3.71. The molecule has 0 saturated heterocycles. The zero-order chi connectivity index (χ0) is 32.3. The Morgan fingerprint density at radius 3 is 1.49 bits per heavy atom. The van der Waals surface area contributed by atoms with Gasteiger partial charge >= 0.3 is 0 Å². The average Bonchev–Trinajstić information content (AvgIpc) is 3.56. The molecule has 0 aliphatic heterocycles. The minimum atomic E-state index is 1.16. The summed E-state index contributed by atoms with van der Waals surface area (Å²) in [6.07, 6.45) is 0. The van der Waals surface area contributed by atoms with Crippen molar-refractivity contribution >= 4 is 54.1 Å². The van der Waals surface area contributed by atoms with Gasteiger partial charge in [0.15, 0.2) is 0 Å². The zero-order valence-corrected chi connectivity index (χ0v) is 26.8. The molecule has 228 valence electrons. The number of hydrogen-bond donors (Lipinski definition) is 1. The molecular formula is C48H31N. The number of H-pyrrole nitrogens is 1. The van der Waals surface area contributed by atoms with Crippen LogP contribution in [-0.2, 0) is 0 Å². The van der Waals surface area contributed by atoms with E-state index in [0.29, 0.717) is 0 Å². The average molecular weight is 622 g/mol. The highest BCUT2D eigenvalue weighted by molar-refractivity contribution is 6.22. The highest BCUT2D eigenvalue weighted by Gasteiger charge is 2.17. The summed E-state index contributed by atoms with van der Waals surface area (Å²) in [6, 6.07) is 66.5. The Kier molecular flexibility index (Phi) is 6.25. The Labute approximate surface area is 284 Å². The summed E-state index contributed by atoms with van der Waals surface area (Å²) >= 11 is 0. The van der Waals surface area contributed by atoms with Crippen molar-refractivity contribution in [3.8, 4) is 44.5 Å². The molecule has 0 saturated carbocycles. The van der Waals surface area contributed by atoms with Crippen molar-refractivity contribution in [2.24, 2.45) is 0 Å². The second-order valence-corrected chi connectivity index (χ2v) is 13.0. The van der Waals surface area contributed by atoms with Crippen LogP contribution >= 0.6 is 0 Å². The number of aromatic amines is 1. The first-order valence-electron chi connectivity index (χ1n) is 16.9. The first kappa shape index (κ1) is 27.7. The first-order chi connectivity index (χ1) is 24.3. The van der Waals surface area contributed by atoms with Crippen molar-refractivity contribution < 1.29 is 0 Å². The van der Waals surface area contributed by atoms with Gasteiger partial charge in [-0.3, -0.25) is 0 Å². The number of aromatic nitrogens is 1. The Bertz CT molecular complexity index is 2800. The number of hydrogen-bond acceptors (Lipinski definition) is 0. The third-order valence-electron chi connectivity index (χ3n) is 10.2. The minimum Gasteiger partial charge on any atom is -0.354 e. The monoisotopic (exact) mass is 621 g/mol. The lowest BCUT2D eigenvalue weighted by molar-refractivity contribution is 1.56. The van der Waals surface area contributed by atoms with Crippen molar-refractivity contribution in [2.75, 3.05) is 0 Å². The van der Waals surface area contributed by atoms with E-state index in [1.165, 1.54) is 93.1 Å². The van der Waals surface area contributed by atoms with Crippen LogP contribution in [0.15, 0.2) is 182 Å². The number of benzene rings is 9. The van der Waals surface area contributed by atoms with Crippen LogP contribution in [0.3, 0.4) is 0 Å². The Balaban J connectivity index is 1.14. The van der Waals surface area contributed by atoms with Crippen LogP contribution in [0.2, 0.25) is 0 Å².